The molecule has 4 nitrogen and oxygen atoms in total. The summed E-state index contributed by atoms with van der Waals surface area (Å²) in [5.41, 5.74) is 0.855. The summed E-state index contributed by atoms with van der Waals surface area (Å²) in [6.45, 7) is 4.24. The molecule has 0 fully saturated rings. The van der Waals surface area contributed by atoms with E-state index in [1.54, 1.807) is 13.2 Å². The molecule has 2 N–H and O–H groups in total. The highest BCUT2D eigenvalue weighted by molar-refractivity contribution is 5.80. The van der Waals surface area contributed by atoms with Crippen LogP contribution < -0.4 is 15.4 Å². The maximum atomic E-state index is 11.3. The SMILES string of the molecule is C=CCNC(=O)CNc1cccc(OC)c1. The second-order valence-corrected chi connectivity index (χ2v) is 3.18. The van der Waals surface area contributed by atoms with E-state index in [2.05, 4.69) is 17.2 Å². The predicted molar refractivity (Wildman–Crippen MR) is 64.7 cm³/mol. The Kier molecular flexibility index (Phi) is 4.92. The Morgan fingerprint density at radius 1 is 1.56 bits per heavy atom. The highest BCUT2D eigenvalue weighted by Gasteiger charge is 1.99. The number of nitrogens with one attached hydrogen (secondary N) is 2. The fourth-order valence-electron chi connectivity index (χ4n) is 1.16. The molecule has 1 rings (SSSR count). The number of carbonyl (C=O) groups is 1. The Morgan fingerprint density at radius 2 is 2.38 bits per heavy atom. The lowest BCUT2D eigenvalue weighted by Crippen LogP contribution is -2.29. The van der Waals surface area contributed by atoms with Crippen LogP contribution in [-0.2, 0) is 4.79 Å². The van der Waals surface area contributed by atoms with Crippen LogP contribution in [-0.4, -0.2) is 26.1 Å². The largest absolute Gasteiger partial charge is 0.497 e. The molecular formula is C12H16N2O2. The van der Waals surface area contributed by atoms with Gasteiger partial charge in [-0.25, -0.2) is 0 Å². The van der Waals surface area contributed by atoms with Gasteiger partial charge in [0.05, 0.1) is 13.7 Å². The van der Waals surface area contributed by atoms with Gasteiger partial charge in [-0.2, -0.15) is 0 Å². The number of anilines is 1. The first-order valence-electron chi connectivity index (χ1n) is 5.02. The van der Waals surface area contributed by atoms with Crippen LogP contribution >= 0.6 is 0 Å². The Hall–Kier alpha value is -1.97. The van der Waals surface area contributed by atoms with Crippen LogP contribution in [0.5, 0.6) is 5.75 Å². The molecule has 0 bridgehead atoms. The number of ether oxygens (including phenoxy) is 1. The van der Waals surface area contributed by atoms with Crippen LogP contribution in [0.3, 0.4) is 0 Å². The Labute approximate surface area is 95.3 Å². The maximum absolute atomic E-state index is 11.3. The van der Waals surface area contributed by atoms with Crippen LogP contribution in [0.4, 0.5) is 5.69 Å². The van der Waals surface area contributed by atoms with E-state index in [0.717, 1.165) is 11.4 Å². The highest BCUT2D eigenvalue weighted by atomic mass is 16.5. The van der Waals surface area contributed by atoms with Gasteiger partial charge in [0.25, 0.3) is 0 Å². The molecule has 0 radical (unpaired) electrons. The summed E-state index contributed by atoms with van der Waals surface area (Å²) in [5, 5.41) is 5.68. The number of carbonyl (C=O) groups excluding carboxylic acids is 1. The summed E-state index contributed by atoms with van der Waals surface area (Å²) >= 11 is 0. The molecule has 0 heterocycles. The van der Waals surface area contributed by atoms with Gasteiger partial charge in [-0.15, -0.1) is 6.58 Å². The molecule has 0 saturated carbocycles. The van der Waals surface area contributed by atoms with Gasteiger partial charge in [0.2, 0.25) is 5.91 Å². The lowest BCUT2D eigenvalue weighted by molar-refractivity contribution is -0.119. The van der Waals surface area contributed by atoms with E-state index in [1.807, 2.05) is 24.3 Å². The van der Waals surface area contributed by atoms with Gasteiger partial charge in [0.1, 0.15) is 5.75 Å². The zero-order valence-electron chi connectivity index (χ0n) is 9.32. The second kappa shape index (κ2) is 6.50. The molecule has 1 amide bonds. The molecular weight excluding hydrogens is 204 g/mol. The molecule has 1 aromatic rings. The van der Waals surface area contributed by atoms with Gasteiger partial charge in [0.15, 0.2) is 0 Å². The van der Waals surface area contributed by atoms with Gasteiger partial charge in [-0.3, -0.25) is 4.79 Å². The summed E-state index contributed by atoms with van der Waals surface area (Å²) in [4.78, 5) is 11.3. The maximum Gasteiger partial charge on any atom is 0.239 e. The van der Waals surface area contributed by atoms with Crippen LogP contribution in [0.1, 0.15) is 0 Å². The van der Waals surface area contributed by atoms with Crippen molar-refractivity contribution in [2.45, 2.75) is 0 Å². The third-order valence-corrected chi connectivity index (χ3v) is 1.97. The molecule has 0 spiro atoms. The smallest absolute Gasteiger partial charge is 0.239 e. The van der Waals surface area contributed by atoms with Crippen molar-refractivity contribution in [3.05, 3.63) is 36.9 Å². The number of benzene rings is 1. The molecule has 86 valence electrons. The van der Waals surface area contributed by atoms with E-state index in [0.29, 0.717) is 6.54 Å². The molecule has 0 aromatic heterocycles. The lowest BCUT2D eigenvalue weighted by atomic mass is 10.3. The van der Waals surface area contributed by atoms with Gasteiger partial charge >= 0.3 is 0 Å². The monoisotopic (exact) mass is 220 g/mol. The normalized spacial score (nSPS) is 9.31. The summed E-state index contributed by atoms with van der Waals surface area (Å²) in [6, 6.07) is 7.43. The standard InChI is InChI=1S/C12H16N2O2/c1-3-7-13-12(15)9-14-10-5-4-6-11(8-10)16-2/h3-6,8,14H,1,7,9H2,2H3,(H,13,15). The van der Waals surface area contributed by atoms with E-state index in [9.17, 15) is 4.79 Å². The van der Waals surface area contributed by atoms with Crippen molar-refractivity contribution in [2.24, 2.45) is 0 Å². The molecule has 0 aliphatic heterocycles. The average molecular weight is 220 g/mol. The van der Waals surface area contributed by atoms with Gasteiger partial charge in [-0.1, -0.05) is 12.1 Å². The van der Waals surface area contributed by atoms with E-state index < -0.39 is 0 Å². The van der Waals surface area contributed by atoms with Crippen LogP contribution in [0, 0.1) is 0 Å². The van der Waals surface area contributed by atoms with Crippen molar-refractivity contribution in [1.82, 2.24) is 5.32 Å². The molecule has 4 heteroatoms. The number of amides is 1. The lowest BCUT2D eigenvalue weighted by Gasteiger charge is -2.07. The third-order valence-electron chi connectivity index (χ3n) is 1.97. The van der Waals surface area contributed by atoms with Crippen molar-refractivity contribution in [3.8, 4) is 5.75 Å². The fraction of sp³-hybridized carbons (Fsp3) is 0.250. The van der Waals surface area contributed by atoms with Crippen molar-refractivity contribution in [1.29, 1.82) is 0 Å². The first-order chi connectivity index (χ1) is 7.76. The number of hydrogen-bond acceptors (Lipinski definition) is 3. The van der Waals surface area contributed by atoms with Gasteiger partial charge in [-0.05, 0) is 12.1 Å². The van der Waals surface area contributed by atoms with E-state index >= 15 is 0 Å². The predicted octanol–water partition coefficient (Wildman–Crippen LogP) is 1.41. The topological polar surface area (TPSA) is 50.4 Å². The van der Waals surface area contributed by atoms with Crippen molar-refractivity contribution >= 4 is 11.6 Å². The Bertz CT molecular complexity index is 364. The van der Waals surface area contributed by atoms with Crippen LogP contribution in [0.15, 0.2) is 36.9 Å². The molecule has 1 aromatic carbocycles. The molecule has 16 heavy (non-hydrogen) atoms. The summed E-state index contributed by atoms with van der Waals surface area (Å²) in [7, 11) is 1.61. The van der Waals surface area contributed by atoms with E-state index in [-0.39, 0.29) is 12.5 Å². The Balaban J connectivity index is 2.41. The quantitative estimate of drug-likeness (QED) is 0.713. The minimum absolute atomic E-state index is 0.0669. The molecule has 0 atom stereocenters. The summed E-state index contributed by atoms with van der Waals surface area (Å²) < 4.78 is 5.07. The van der Waals surface area contributed by atoms with Crippen molar-refractivity contribution < 1.29 is 9.53 Å². The Morgan fingerprint density at radius 3 is 3.06 bits per heavy atom. The molecule has 0 unspecified atom stereocenters. The average Bonchev–Trinajstić information content (AvgIpc) is 2.34. The van der Waals surface area contributed by atoms with Gasteiger partial charge < -0.3 is 15.4 Å². The van der Waals surface area contributed by atoms with Crippen molar-refractivity contribution in [2.75, 3.05) is 25.5 Å². The first kappa shape index (κ1) is 12.1. The van der Waals surface area contributed by atoms with Crippen molar-refractivity contribution in [3.63, 3.8) is 0 Å². The first-order valence-corrected chi connectivity index (χ1v) is 5.02. The summed E-state index contributed by atoms with van der Waals surface area (Å²) in [6.07, 6.45) is 1.64. The number of methoxy groups -OCH3 is 1. The number of rotatable bonds is 6. The number of hydrogen-bond donors (Lipinski definition) is 2. The minimum Gasteiger partial charge on any atom is -0.497 e. The van der Waals surface area contributed by atoms with E-state index in [1.165, 1.54) is 0 Å². The zero-order valence-corrected chi connectivity index (χ0v) is 9.32. The zero-order chi connectivity index (χ0) is 11.8. The third kappa shape index (κ3) is 4.04. The second-order valence-electron chi connectivity index (χ2n) is 3.18. The molecule has 0 aliphatic rings. The molecule has 0 saturated heterocycles. The van der Waals surface area contributed by atoms with Crippen LogP contribution in [0.25, 0.3) is 0 Å². The van der Waals surface area contributed by atoms with Gasteiger partial charge in [0, 0.05) is 18.3 Å². The fourth-order valence-corrected chi connectivity index (χ4v) is 1.16. The summed E-state index contributed by atoms with van der Waals surface area (Å²) in [5.74, 6) is 0.694. The molecule has 0 aliphatic carbocycles. The van der Waals surface area contributed by atoms with E-state index in [4.69, 9.17) is 4.74 Å². The highest BCUT2D eigenvalue weighted by Crippen LogP contribution is 2.16. The minimum atomic E-state index is -0.0669. The van der Waals surface area contributed by atoms with Crippen LogP contribution in [0.2, 0.25) is 0 Å².